The number of rotatable bonds is 3. The first-order valence-electron chi connectivity index (χ1n) is 6.61. The lowest BCUT2D eigenvalue weighted by atomic mass is 10.0. The molecule has 1 heterocycles. The van der Waals surface area contributed by atoms with Crippen LogP contribution in [-0.2, 0) is 9.84 Å². The van der Waals surface area contributed by atoms with Crippen molar-refractivity contribution in [3.05, 3.63) is 0 Å². The zero-order valence-electron chi connectivity index (χ0n) is 10.4. The quantitative estimate of drug-likeness (QED) is 0.862. The Balaban J connectivity index is 0.00000144. The molecule has 1 N–H and O–H groups in total. The molecule has 2 aliphatic rings. The summed E-state index contributed by atoms with van der Waals surface area (Å²) in [6, 6.07) is 0. The van der Waals surface area contributed by atoms with Crippen LogP contribution >= 0.6 is 12.4 Å². The molecular weight excluding hydrogens is 258 g/mol. The Morgan fingerprint density at radius 1 is 1.00 bits per heavy atom. The van der Waals surface area contributed by atoms with Crippen LogP contribution in [0, 0.1) is 5.92 Å². The predicted molar refractivity (Wildman–Crippen MR) is 73.5 cm³/mol. The first kappa shape index (κ1) is 15.3. The summed E-state index contributed by atoms with van der Waals surface area (Å²) in [4.78, 5) is 0. The van der Waals surface area contributed by atoms with E-state index >= 15 is 0 Å². The fourth-order valence-electron chi connectivity index (χ4n) is 2.96. The molecule has 17 heavy (non-hydrogen) atoms. The maximum Gasteiger partial charge on any atom is 0.153 e. The first-order chi connectivity index (χ1) is 7.68. The van der Waals surface area contributed by atoms with Crippen LogP contribution in [0.15, 0.2) is 0 Å². The third-order valence-electron chi connectivity index (χ3n) is 3.93. The Bertz CT molecular complexity index is 306. The second-order valence-electron chi connectivity index (χ2n) is 5.30. The van der Waals surface area contributed by atoms with Crippen molar-refractivity contribution in [1.29, 1.82) is 0 Å². The molecule has 2 fully saturated rings. The van der Waals surface area contributed by atoms with E-state index in [1.807, 2.05) is 0 Å². The van der Waals surface area contributed by atoms with Gasteiger partial charge in [-0.05, 0) is 44.7 Å². The first-order valence-corrected chi connectivity index (χ1v) is 8.32. The second kappa shape index (κ2) is 6.95. The third kappa shape index (κ3) is 4.42. The van der Waals surface area contributed by atoms with E-state index in [1.54, 1.807) is 0 Å². The molecule has 1 atom stereocenters. The summed E-state index contributed by atoms with van der Waals surface area (Å²) < 4.78 is 24.5. The summed E-state index contributed by atoms with van der Waals surface area (Å²) in [5.41, 5.74) is 0. The van der Waals surface area contributed by atoms with E-state index < -0.39 is 9.84 Å². The smallest absolute Gasteiger partial charge is 0.153 e. The Hall–Kier alpha value is 0.200. The standard InChI is InChI=1S/C12H23NO2S.ClH/c14-16(15,12-6-2-1-3-7-12)10-11-5-4-8-13-9-11;/h11-13H,1-10H2;1H. The molecule has 1 aliphatic carbocycles. The molecule has 3 nitrogen and oxygen atoms in total. The lowest BCUT2D eigenvalue weighted by molar-refractivity contribution is 0.399. The number of hydrogen-bond acceptors (Lipinski definition) is 3. The summed E-state index contributed by atoms with van der Waals surface area (Å²) in [5, 5.41) is 3.27. The van der Waals surface area contributed by atoms with Gasteiger partial charge in [-0.1, -0.05) is 19.3 Å². The van der Waals surface area contributed by atoms with Gasteiger partial charge in [-0.15, -0.1) is 12.4 Å². The van der Waals surface area contributed by atoms with Gasteiger partial charge in [0.25, 0.3) is 0 Å². The normalized spacial score (nSPS) is 27.4. The lowest BCUT2D eigenvalue weighted by Crippen LogP contribution is -2.37. The van der Waals surface area contributed by atoms with Crippen LogP contribution in [0.3, 0.4) is 0 Å². The molecule has 0 amide bonds. The summed E-state index contributed by atoms with van der Waals surface area (Å²) in [5.74, 6) is 0.783. The SMILES string of the molecule is Cl.O=S(=O)(CC1CCCNC1)C1CCCCC1. The molecule has 1 aliphatic heterocycles. The Morgan fingerprint density at radius 3 is 2.29 bits per heavy atom. The van der Waals surface area contributed by atoms with Gasteiger partial charge in [-0.2, -0.15) is 0 Å². The molecule has 2 rings (SSSR count). The predicted octanol–water partition coefficient (Wildman–Crippen LogP) is 2.16. The molecule has 0 aromatic rings. The van der Waals surface area contributed by atoms with Crippen molar-refractivity contribution in [2.24, 2.45) is 5.92 Å². The monoisotopic (exact) mass is 281 g/mol. The van der Waals surface area contributed by atoms with Crippen LogP contribution in [0.1, 0.15) is 44.9 Å². The molecular formula is C12H24ClNO2S. The topological polar surface area (TPSA) is 46.2 Å². The van der Waals surface area contributed by atoms with E-state index in [4.69, 9.17) is 0 Å². The van der Waals surface area contributed by atoms with E-state index in [0.717, 1.165) is 51.6 Å². The van der Waals surface area contributed by atoms with Gasteiger partial charge >= 0.3 is 0 Å². The molecule has 5 heteroatoms. The molecule has 102 valence electrons. The van der Waals surface area contributed by atoms with Gasteiger partial charge in [0.15, 0.2) is 9.84 Å². The Labute approximate surface area is 111 Å². The number of hydrogen-bond donors (Lipinski definition) is 1. The van der Waals surface area contributed by atoms with Gasteiger partial charge in [0, 0.05) is 0 Å². The highest BCUT2D eigenvalue weighted by molar-refractivity contribution is 7.92. The molecule has 1 unspecified atom stereocenters. The molecule has 1 saturated carbocycles. The minimum atomic E-state index is -2.82. The van der Waals surface area contributed by atoms with E-state index in [9.17, 15) is 8.42 Å². The molecule has 1 saturated heterocycles. The van der Waals surface area contributed by atoms with Gasteiger partial charge in [0.05, 0.1) is 11.0 Å². The van der Waals surface area contributed by atoms with Gasteiger partial charge < -0.3 is 5.32 Å². The molecule has 0 aromatic carbocycles. The largest absolute Gasteiger partial charge is 0.316 e. The number of piperidine rings is 1. The fraction of sp³-hybridized carbons (Fsp3) is 1.00. The van der Waals surface area contributed by atoms with Gasteiger partial charge in [0.2, 0.25) is 0 Å². The average Bonchev–Trinajstić information content (AvgIpc) is 2.31. The minimum absolute atomic E-state index is 0. The van der Waals surface area contributed by atoms with E-state index in [1.165, 1.54) is 6.42 Å². The number of sulfone groups is 1. The maximum atomic E-state index is 12.2. The van der Waals surface area contributed by atoms with Crippen LogP contribution < -0.4 is 5.32 Å². The number of nitrogens with one attached hydrogen (secondary N) is 1. The highest BCUT2D eigenvalue weighted by Crippen LogP contribution is 2.26. The van der Waals surface area contributed by atoms with Crippen molar-refractivity contribution >= 4 is 22.2 Å². The molecule has 0 radical (unpaired) electrons. The molecule has 0 bridgehead atoms. The van der Waals surface area contributed by atoms with Crippen LogP contribution in [0.5, 0.6) is 0 Å². The van der Waals surface area contributed by atoms with Crippen molar-refractivity contribution in [2.45, 2.75) is 50.2 Å². The van der Waals surface area contributed by atoms with Crippen molar-refractivity contribution in [2.75, 3.05) is 18.8 Å². The highest BCUT2D eigenvalue weighted by atomic mass is 35.5. The Morgan fingerprint density at radius 2 is 1.71 bits per heavy atom. The zero-order chi connectivity index (χ0) is 11.4. The lowest BCUT2D eigenvalue weighted by Gasteiger charge is -2.27. The molecule has 0 spiro atoms. The van der Waals surface area contributed by atoms with Gasteiger partial charge in [-0.3, -0.25) is 0 Å². The van der Waals surface area contributed by atoms with E-state index in [2.05, 4.69) is 5.32 Å². The van der Waals surface area contributed by atoms with Crippen molar-refractivity contribution in [1.82, 2.24) is 5.32 Å². The number of halogens is 1. The summed E-state index contributed by atoms with van der Waals surface area (Å²) in [6.07, 6.45) is 7.45. The zero-order valence-corrected chi connectivity index (χ0v) is 12.0. The summed E-state index contributed by atoms with van der Waals surface area (Å²) in [7, 11) is -2.82. The van der Waals surface area contributed by atoms with E-state index in [0.29, 0.717) is 11.7 Å². The average molecular weight is 282 g/mol. The van der Waals surface area contributed by atoms with Gasteiger partial charge in [0.1, 0.15) is 0 Å². The second-order valence-corrected chi connectivity index (χ2v) is 7.63. The van der Waals surface area contributed by atoms with Crippen LogP contribution in [-0.4, -0.2) is 32.5 Å². The van der Waals surface area contributed by atoms with Gasteiger partial charge in [-0.25, -0.2) is 8.42 Å². The summed E-state index contributed by atoms with van der Waals surface area (Å²) >= 11 is 0. The maximum absolute atomic E-state index is 12.2. The molecule has 0 aromatic heterocycles. The van der Waals surface area contributed by atoms with Crippen LogP contribution in [0.2, 0.25) is 0 Å². The third-order valence-corrected chi connectivity index (χ3v) is 6.35. The van der Waals surface area contributed by atoms with Crippen molar-refractivity contribution in [3.8, 4) is 0 Å². The minimum Gasteiger partial charge on any atom is -0.316 e. The summed E-state index contributed by atoms with van der Waals surface area (Å²) in [6.45, 7) is 1.95. The van der Waals surface area contributed by atoms with Crippen molar-refractivity contribution in [3.63, 3.8) is 0 Å². The highest BCUT2D eigenvalue weighted by Gasteiger charge is 2.30. The van der Waals surface area contributed by atoms with Crippen LogP contribution in [0.4, 0.5) is 0 Å². The Kier molecular flexibility index (Phi) is 6.24. The van der Waals surface area contributed by atoms with E-state index in [-0.39, 0.29) is 17.7 Å². The van der Waals surface area contributed by atoms with Crippen LogP contribution in [0.25, 0.3) is 0 Å². The fourth-order valence-corrected chi connectivity index (χ4v) is 5.22. The van der Waals surface area contributed by atoms with Crippen molar-refractivity contribution < 1.29 is 8.42 Å².